The molecule has 3 aromatic rings. The van der Waals surface area contributed by atoms with E-state index in [9.17, 15) is 19.5 Å². The van der Waals surface area contributed by atoms with E-state index >= 15 is 0 Å². The van der Waals surface area contributed by atoms with Crippen LogP contribution in [-0.2, 0) is 44.2 Å². The summed E-state index contributed by atoms with van der Waals surface area (Å²) < 4.78 is 11.4. The Morgan fingerprint density at radius 2 is 2.15 bits per heavy atom. The standard InChI is InChI=1S/C24H23N3O6/c1-3-24(31)16-9-19-20-13(10-27(19)21(28)15(16)11-33-23(24)30)7-14-12(5-4-6-18(14)26-20)8-17(25)22(29)32-2/h4-7,9,17,31H,3,8,10-11,25H2,1-2H3/t17?,24-/m0/s1. The first kappa shape index (κ1) is 21.3. The largest absolute Gasteiger partial charge is 0.468 e. The van der Waals surface area contributed by atoms with Crippen LogP contribution in [0.3, 0.4) is 0 Å². The van der Waals surface area contributed by atoms with E-state index in [1.807, 2.05) is 24.3 Å². The predicted molar refractivity (Wildman–Crippen MR) is 118 cm³/mol. The highest BCUT2D eigenvalue weighted by atomic mass is 16.6. The summed E-state index contributed by atoms with van der Waals surface area (Å²) in [5, 5.41) is 11.8. The summed E-state index contributed by atoms with van der Waals surface area (Å²) in [4.78, 5) is 42.2. The molecule has 0 spiro atoms. The van der Waals surface area contributed by atoms with Crippen LogP contribution in [0, 0.1) is 0 Å². The average Bonchev–Trinajstić information content (AvgIpc) is 3.18. The van der Waals surface area contributed by atoms with Crippen molar-refractivity contribution in [2.45, 2.75) is 44.6 Å². The van der Waals surface area contributed by atoms with Crippen LogP contribution in [0.4, 0.5) is 0 Å². The Kier molecular flexibility index (Phi) is 4.84. The van der Waals surface area contributed by atoms with Crippen LogP contribution >= 0.6 is 0 Å². The second-order valence-electron chi connectivity index (χ2n) is 8.42. The number of hydrogen-bond donors (Lipinski definition) is 2. The van der Waals surface area contributed by atoms with E-state index in [1.54, 1.807) is 17.6 Å². The molecule has 9 nitrogen and oxygen atoms in total. The van der Waals surface area contributed by atoms with Crippen LogP contribution in [-0.4, -0.2) is 39.7 Å². The number of pyridine rings is 2. The number of aromatic nitrogens is 2. The van der Waals surface area contributed by atoms with Gasteiger partial charge >= 0.3 is 11.9 Å². The summed E-state index contributed by atoms with van der Waals surface area (Å²) in [6.45, 7) is 1.80. The molecule has 1 aromatic carbocycles. The van der Waals surface area contributed by atoms with Crippen molar-refractivity contribution in [2.24, 2.45) is 5.73 Å². The SMILES string of the molecule is CC[C@@]1(O)C(=O)OCc2c1cc1n(c2=O)Cc2cc3c(CC(N)C(=O)OC)cccc3nc2-1. The molecule has 2 aromatic heterocycles. The number of fused-ring (bicyclic) bond motifs is 5. The zero-order chi connectivity index (χ0) is 23.5. The zero-order valence-corrected chi connectivity index (χ0v) is 18.3. The molecular formula is C24H23N3O6. The summed E-state index contributed by atoms with van der Waals surface area (Å²) in [7, 11) is 1.30. The van der Waals surface area contributed by atoms with E-state index in [0.717, 1.165) is 16.5 Å². The Hall–Kier alpha value is -3.56. The fourth-order valence-corrected chi connectivity index (χ4v) is 4.71. The Bertz CT molecular complexity index is 1400. The Morgan fingerprint density at radius 3 is 2.88 bits per heavy atom. The first-order chi connectivity index (χ1) is 15.8. The number of esters is 2. The van der Waals surface area contributed by atoms with Gasteiger partial charge in [-0.25, -0.2) is 9.78 Å². The summed E-state index contributed by atoms with van der Waals surface area (Å²) >= 11 is 0. The molecule has 170 valence electrons. The van der Waals surface area contributed by atoms with Crippen molar-refractivity contribution in [3.63, 3.8) is 0 Å². The number of carbonyl (C=O) groups is 2. The Morgan fingerprint density at radius 1 is 1.36 bits per heavy atom. The van der Waals surface area contributed by atoms with Gasteiger partial charge in [-0.15, -0.1) is 0 Å². The van der Waals surface area contributed by atoms with E-state index < -0.39 is 23.6 Å². The van der Waals surface area contributed by atoms with E-state index in [-0.39, 0.29) is 36.1 Å². The molecule has 2 aliphatic rings. The lowest BCUT2D eigenvalue weighted by Gasteiger charge is -2.31. The van der Waals surface area contributed by atoms with Gasteiger partial charge in [-0.1, -0.05) is 19.1 Å². The van der Waals surface area contributed by atoms with Crippen LogP contribution in [0.15, 0.2) is 35.1 Å². The molecule has 4 heterocycles. The first-order valence-corrected chi connectivity index (χ1v) is 10.7. The minimum Gasteiger partial charge on any atom is -0.468 e. The van der Waals surface area contributed by atoms with Crippen molar-refractivity contribution in [2.75, 3.05) is 7.11 Å². The normalized spacial score (nSPS) is 19.5. The quantitative estimate of drug-likeness (QED) is 0.443. The van der Waals surface area contributed by atoms with Gasteiger partial charge in [0.25, 0.3) is 5.56 Å². The van der Waals surface area contributed by atoms with Crippen LogP contribution in [0.25, 0.3) is 22.3 Å². The molecular weight excluding hydrogens is 426 g/mol. The van der Waals surface area contributed by atoms with Crippen LogP contribution in [0.1, 0.15) is 35.6 Å². The van der Waals surface area contributed by atoms with Crippen LogP contribution in [0.2, 0.25) is 0 Å². The van der Waals surface area contributed by atoms with Gasteiger partial charge in [-0.2, -0.15) is 0 Å². The number of aliphatic hydroxyl groups is 1. The summed E-state index contributed by atoms with van der Waals surface area (Å²) in [5.41, 5.74) is 7.90. The summed E-state index contributed by atoms with van der Waals surface area (Å²) in [6, 6.07) is 8.41. The number of cyclic esters (lactones) is 1. The number of nitrogens with zero attached hydrogens (tertiary/aromatic N) is 2. The number of ether oxygens (including phenoxy) is 2. The lowest BCUT2D eigenvalue weighted by Crippen LogP contribution is -2.44. The van der Waals surface area contributed by atoms with Crippen molar-refractivity contribution >= 4 is 22.8 Å². The molecule has 1 unspecified atom stereocenters. The zero-order valence-electron chi connectivity index (χ0n) is 18.3. The van der Waals surface area contributed by atoms with Crippen molar-refractivity contribution in [3.8, 4) is 11.4 Å². The van der Waals surface area contributed by atoms with Gasteiger partial charge in [0.05, 0.1) is 36.1 Å². The van der Waals surface area contributed by atoms with Gasteiger partial charge < -0.3 is 24.9 Å². The molecule has 2 aliphatic heterocycles. The molecule has 0 saturated heterocycles. The average molecular weight is 449 g/mol. The number of methoxy groups -OCH3 is 1. The van der Waals surface area contributed by atoms with Crippen molar-refractivity contribution in [1.29, 1.82) is 0 Å². The van der Waals surface area contributed by atoms with Crippen molar-refractivity contribution in [1.82, 2.24) is 9.55 Å². The maximum atomic E-state index is 13.3. The summed E-state index contributed by atoms with van der Waals surface area (Å²) in [5.74, 6) is -1.25. The Balaban J connectivity index is 1.66. The molecule has 0 saturated carbocycles. The highest BCUT2D eigenvalue weighted by Gasteiger charge is 2.45. The van der Waals surface area contributed by atoms with Crippen molar-refractivity contribution < 1.29 is 24.2 Å². The predicted octanol–water partition coefficient (Wildman–Crippen LogP) is 1.12. The number of nitrogens with two attached hydrogens (primary N) is 1. The monoisotopic (exact) mass is 449 g/mol. The molecule has 0 radical (unpaired) electrons. The molecule has 0 amide bonds. The van der Waals surface area contributed by atoms with E-state index in [2.05, 4.69) is 0 Å². The van der Waals surface area contributed by atoms with Gasteiger partial charge in [0.15, 0.2) is 5.60 Å². The van der Waals surface area contributed by atoms with Crippen LogP contribution in [0.5, 0.6) is 0 Å². The maximum absolute atomic E-state index is 13.3. The third-order valence-electron chi connectivity index (χ3n) is 6.59. The highest BCUT2D eigenvalue weighted by molar-refractivity contribution is 5.88. The lowest BCUT2D eigenvalue weighted by atomic mass is 9.86. The van der Waals surface area contributed by atoms with Gasteiger partial charge in [0.2, 0.25) is 0 Å². The molecule has 9 heteroatoms. The summed E-state index contributed by atoms with van der Waals surface area (Å²) in [6.07, 6.45) is 0.373. The topological polar surface area (TPSA) is 134 Å². The fourth-order valence-electron chi connectivity index (χ4n) is 4.71. The smallest absolute Gasteiger partial charge is 0.343 e. The number of benzene rings is 1. The third kappa shape index (κ3) is 3.07. The number of carbonyl (C=O) groups excluding carboxylic acids is 2. The number of rotatable bonds is 4. The highest BCUT2D eigenvalue weighted by Crippen LogP contribution is 2.38. The fraction of sp³-hybridized carbons (Fsp3) is 0.333. The maximum Gasteiger partial charge on any atom is 0.343 e. The molecule has 0 aliphatic carbocycles. The Labute approximate surface area is 188 Å². The van der Waals surface area contributed by atoms with E-state index in [4.69, 9.17) is 20.2 Å². The van der Waals surface area contributed by atoms with Gasteiger partial charge in [-0.3, -0.25) is 9.59 Å². The second-order valence-corrected chi connectivity index (χ2v) is 8.42. The molecule has 0 bridgehead atoms. The molecule has 2 atom stereocenters. The van der Waals surface area contributed by atoms with Gasteiger partial charge in [0.1, 0.15) is 12.6 Å². The van der Waals surface area contributed by atoms with Crippen LogP contribution < -0.4 is 11.3 Å². The molecule has 5 rings (SSSR count). The number of hydrogen-bond acceptors (Lipinski definition) is 8. The van der Waals surface area contributed by atoms with Crippen molar-refractivity contribution in [3.05, 3.63) is 62.9 Å². The van der Waals surface area contributed by atoms with Gasteiger partial charge in [0, 0.05) is 16.5 Å². The second kappa shape index (κ2) is 7.50. The molecule has 0 fully saturated rings. The van der Waals surface area contributed by atoms with Gasteiger partial charge in [-0.05, 0) is 36.6 Å². The minimum atomic E-state index is -1.86. The first-order valence-electron chi connectivity index (χ1n) is 10.7. The minimum absolute atomic E-state index is 0.0868. The van der Waals surface area contributed by atoms with E-state index in [0.29, 0.717) is 23.4 Å². The molecule has 3 N–H and O–H groups in total. The lowest BCUT2D eigenvalue weighted by molar-refractivity contribution is -0.172. The third-order valence-corrected chi connectivity index (χ3v) is 6.59. The van der Waals surface area contributed by atoms with E-state index in [1.165, 1.54) is 7.11 Å². The molecule has 33 heavy (non-hydrogen) atoms.